The molecule has 0 aliphatic rings. The van der Waals surface area contributed by atoms with Gasteiger partial charge in [-0.25, -0.2) is 0 Å². The number of carbonyl (C=O) groups excluding carboxylic acids is 1. The van der Waals surface area contributed by atoms with Gasteiger partial charge in [0.1, 0.15) is 5.69 Å². The minimum Gasteiger partial charge on any atom is -0.463 e. The van der Waals surface area contributed by atoms with Crippen molar-refractivity contribution >= 4 is 21.8 Å². The number of carbonyl (C=O) groups is 1. The number of nitrogens with one attached hydrogen (secondary N) is 1. The number of hydrogen-bond donors (Lipinski definition) is 1. The Bertz CT molecular complexity index is 788. The van der Waals surface area contributed by atoms with Gasteiger partial charge in [-0.2, -0.15) is 0 Å². The molecule has 0 saturated heterocycles. The van der Waals surface area contributed by atoms with Crippen LogP contribution < -0.4 is 5.32 Å². The zero-order valence-electron chi connectivity index (χ0n) is 11.5. The van der Waals surface area contributed by atoms with Gasteiger partial charge in [0.05, 0.1) is 11.8 Å². The number of pyridine rings is 2. The highest BCUT2D eigenvalue weighted by molar-refractivity contribution is 9.10. The standard InChI is InChI=1S/C16H12BrN3O2/c17-13-7-12(9-18-10-13)16(21)20-8-11-3-4-19-14(6-11)15-2-1-5-22-15/h1-7,9-10H,8H2,(H,20,21). The molecule has 5 nitrogen and oxygen atoms in total. The Hall–Kier alpha value is -2.47. The summed E-state index contributed by atoms with van der Waals surface area (Å²) in [6, 6.07) is 9.12. The van der Waals surface area contributed by atoms with Gasteiger partial charge in [0, 0.05) is 29.6 Å². The minimum atomic E-state index is -0.176. The van der Waals surface area contributed by atoms with E-state index in [-0.39, 0.29) is 5.91 Å². The Labute approximate surface area is 135 Å². The van der Waals surface area contributed by atoms with Crippen molar-refractivity contribution in [3.05, 3.63) is 70.8 Å². The van der Waals surface area contributed by atoms with Gasteiger partial charge >= 0.3 is 0 Å². The zero-order chi connectivity index (χ0) is 15.4. The van der Waals surface area contributed by atoms with Crippen molar-refractivity contribution < 1.29 is 9.21 Å². The lowest BCUT2D eigenvalue weighted by Crippen LogP contribution is -2.22. The molecule has 0 aliphatic carbocycles. The molecule has 0 radical (unpaired) electrons. The van der Waals surface area contributed by atoms with E-state index in [1.165, 1.54) is 6.20 Å². The molecule has 110 valence electrons. The molecule has 1 N–H and O–H groups in total. The molecule has 0 bridgehead atoms. The van der Waals surface area contributed by atoms with E-state index in [1.54, 1.807) is 24.7 Å². The fourth-order valence-corrected chi connectivity index (χ4v) is 2.33. The monoisotopic (exact) mass is 357 g/mol. The van der Waals surface area contributed by atoms with Gasteiger partial charge in [0.25, 0.3) is 5.91 Å². The molecule has 3 aromatic rings. The van der Waals surface area contributed by atoms with Crippen LogP contribution in [0.25, 0.3) is 11.5 Å². The smallest absolute Gasteiger partial charge is 0.253 e. The fourth-order valence-electron chi connectivity index (χ4n) is 1.96. The Morgan fingerprint density at radius 2 is 2.18 bits per heavy atom. The summed E-state index contributed by atoms with van der Waals surface area (Å²) in [5.41, 5.74) is 2.19. The van der Waals surface area contributed by atoms with E-state index in [4.69, 9.17) is 4.42 Å². The second kappa shape index (κ2) is 6.53. The van der Waals surface area contributed by atoms with E-state index in [0.717, 1.165) is 15.7 Å². The summed E-state index contributed by atoms with van der Waals surface area (Å²) in [6.07, 6.45) is 6.46. The Balaban J connectivity index is 1.69. The maximum absolute atomic E-state index is 12.1. The molecule has 0 aromatic carbocycles. The number of nitrogens with zero attached hydrogens (tertiary/aromatic N) is 2. The van der Waals surface area contributed by atoms with Crippen molar-refractivity contribution in [2.45, 2.75) is 6.54 Å². The zero-order valence-corrected chi connectivity index (χ0v) is 13.1. The number of rotatable bonds is 4. The van der Waals surface area contributed by atoms with Crippen molar-refractivity contribution in [1.82, 2.24) is 15.3 Å². The number of aromatic nitrogens is 2. The molecule has 0 saturated carbocycles. The van der Waals surface area contributed by atoms with Crippen LogP contribution in [-0.2, 0) is 6.54 Å². The maximum atomic E-state index is 12.1. The second-order valence-corrected chi connectivity index (χ2v) is 5.52. The van der Waals surface area contributed by atoms with Gasteiger partial charge in [-0.15, -0.1) is 0 Å². The first-order valence-electron chi connectivity index (χ1n) is 6.60. The SMILES string of the molecule is O=C(NCc1ccnc(-c2ccco2)c1)c1cncc(Br)c1. The summed E-state index contributed by atoms with van der Waals surface area (Å²) in [6.45, 7) is 0.404. The first-order valence-corrected chi connectivity index (χ1v) is 7.39. The van der Waals surface area contributed by atoms with E-state index in [9.17, 15) is 4.79 Å². The van der Waals surface area contributed by atoms with Crippen LogP contribution in [0.4, 0.5) is 0 Å². The third kappa shape index (κ3) is 3.40. The summed E-state index contributed by atoms with van der Waals surface area (Å²) >= 11 is 3.30. The summed E-state index contributed by atoms with van der Waals surface area (Å²) in [7, 11) is 0. The fraction of sp³-hybridized carbons (Fsp3) is 0.0625. The number of hydrogen-bond acceptors (Lipinski definition) is 4. The van der Waals surface area contributed by atoms with Crippen molar-refractivity contribution in [3.8, 4) is 11.5 Å². The van der Waals surface area contributed by atoms with E-state index >= 15 is 0 Å². The predicted molar refractivity (Wildman–Crippen MR) is 85.0 cm³/mol. The van der Waals surface area contributed by atoms with Crippen LogP contribution in [0.15, 0.2) is 64.1 Å². The first kappa shape index (κ1) is 14.5. The molecule has 3 heterocycles. The third-order valence-corrected chi connectivity index (χ3v) is 3.45. The van der Waals surface area contributed by atoms with Crippen molar-refractivity contribution in [3.63, 3.8) is 0 Å². The molecule has 1 amide bonds. The lowest BCUT2D eigenvalue weighted by Gasteiger charge is -2.06. The Morgan fingerprint density at radius 1 is 1.27 bits per heavy atom. The molecule has 3 aromatic heterocycles. The molecule has 0 aliphatic heterocycles. The predicted octanol–water partition coefficient (Wildman–Crippen LogP) is 3.43. The van der Waals surface area contributed by atoms with Crippen LogP contribution in [0.2, 0.25) is 0 Å². The lowest BCUT2D eigenvalue weighted by atomic mass is 10.2. The number of halogens is 1. The third-order valence-electron chi connectivity index (χ3n) is 3.02. The van der Waals surface area contributed by atoms with Crippen LogP contribution in [0.3, 0.4) is 0 Å². The quantitative estimate of drug-likeness (QED) is 0.776. The number of furan rings is 1. The molecular formula is C16H12BrN3O2. The second-order valence-electron chi connectivity index (χ2n) is 4.60. The molecule has 3 rings (SSSR count). The molecule has 0 spiro atoms. The summed E-state index contributed by atoms with van der Waals surface area (Å²) in [4.78, 5) is 20.3. The van der Waals surface area contributed by atoms with Crippen LogP contribution >= 0.6 is 15.9 Å². The van der Waals surface area contributed by atoms with Gasteiger partial charge in [-0.1, -0.05) is 0 Å². The maximum Gasteiger partial charge on any atom is 0.253 e. The summed E-state index contributed by atoms with van der Waals surface area (Å²) in [5, 5.41) is 2.86. The first-order chi connectivity index (χ1) is 10.7. The Morgan fingerprint density at radius 3 is 2.95 bits per heavy atom. The molecule has 0 fully saturated rings. The number of amides is 1. The van der Waals surface area contributed by atoms with Crippen LogP contribution in [-0.4, -0.2) is 15.9 Å². The molecular weight excluding hydrogens is 346 g/mol. The van der Waals surface area contributed by atoms with Crippen molar-refractivity contribution in [1.29, 1.82) is 0 Å². The van der Waals surface area contributed by atoms with Gasteiger partial charge in [0.15, 0.2) is 5.76 Å². The highest BCUT2D eigenvalue weighted by atomic mass is 79.9. The largest absolute Gasteiger partial charge is 0.463 e. The van der Waals surface area contributed by atoms with E-state index in [2.05, 4.69) is 31.2 Å². The van der Waals surface area contributed by atoms with Gasteiger partial charge in [0.2, 0.25) is 0 Å². The highest BCUT2D eigenvalue weighted by Gasteiger charge is 2.07. The lowest BCUT2D eigenvalue weighted by molar-refractivity contribution is 0.0950. The molecule has 0 atom stereocenters. The normalized spacial score (nSPS) is 10.4. The summed E-state index contributed by atoms with van der Waals surface area (Å²) in [5.74, 6) is 0.523. The van der Waals surface area contributed by atoms with Gasteiger partial charge in [-0.3, -0.25) is 14.8 Å². The summed E-state index contributed by atoms with van der Waals surface area (Å²) < 4.78 is 6.09. The van der Waals surface area contributed by atoms with Crippen LogP contribution in [0, 0.1) is 0 Å². The minimum absolute atomic E-state index is 0.176. The molecule has 22 heavy (non-hydrogen) atoms. The average Bonchev–Trinajstić information content (AvgIpc) is 3.07. The molecule has 0 unspecified atom stereocenters. The van der Waals surface area contributed by atoms with E-state index < -0.39 is 0 Å². The Kier molecular flexibility index (Phi) is 4.29. The van der Waals surface area contributed by atoms with Gasteiger partial charge < -0.3 is 9.73 Å². The van der Waals surface area contributed by atoms with Crippen molar-refractivity contribution in [2.24, 2.45) is 0 Å². The van der Waals surface area contributed by atoms with Gasteiger partial charge in [-0.05, 0) is 51.8 Å². The van der Waals surface area contributed by atoms with E-state index in [0.29, 0.717) is 17.9 Å². The van der Waals surface area contributed by atoms with Crippen molar-refractivity contribution in [2.75, 3.05) is 0 Å². The topological polar surface area (TPSA) is 68.0 Å². The van der Waals surface area contributed by atoms with E-state index in [1.807, 2.05) is 24.3 Å². The molecule has 6 heteroatoms. The van der Waals surface area contributed by atoms with Crippen LogP contribution in [0.5, 0.6) is 0 Å². The van der Waals surface area contributed by atoms with Crippen LogP contribution in [0.1, 0.15) is 15.9 Å². The highest BCUT2D eigenvalue weighted by Crippen LogP contribution is 2.18. The average molecular weight is 358 g/mol.